The van der Waals surface area contributed by atoms with Crippen LogP contribution in [0.15, 0.2) is 24.3 Å². The van der Waals surface area contributed by atoms with Gasteiger partial charge in [0.05, 0.1) is 17.9 Å². The normalized spacial score (nSPS) is 13.8. The number of unbranched alkanes of at least 4 members (excludes halogenated alkanes) is 18. The van der Waals surface area contributed by atoms with Crippen LogP contribution in [0.25, 0.3) is 0 Å². The second-order valence-electron chi connectivity index (χ2n) is 11.1. The number of carbonyl (C=O) groups is 1. The first-order valence-electron chi connectivity index (χ1n) is 16.0. The molecule has 0 rings (SSSR count). The van der Waals surface area contributed by atoms with Gasteiger partial charge in [-0.3, -0.25) is 9.35 Å². The van der Waals surface area contributed by atoms with Crippen molar-refractivity contribution in [2.24, 2.45) is 0 Å². The highest BCUT2D eigenvalue weighted by Crippen LogP contribution is 2.12. The number of amides is 1. The zero-order valence-electron chi connectivity index (χ0n) is 25.3. The van der Waals surface area contributed by atoms with Gasteiger partial charge >= 0.3 is 0 Å². The van der Waals surface area contributed by atoms with Crippen LogP contribution >= 0.6 is 0 Å². The molecule has 0 bridgehead atoms. The van der Waals surface area contributed by atoms with E-state index in [-0.39, 0.29) is 5.91 Å². The topological polar surface area (TPSA) is 104 Å². The van der Waals surface area contributed by atoms with E-state index in [0.717, 1.165) is 57.8 Å². The molecule has 230 valence electrons. The Bertz CT molecular complexity index is 720. The van der Waals surface area contributed by atoms with E-state index in [1.54, 1.807) is 0 Å². The van der Waals surface area contributed by atoms with Crippen molar-refractivity contribution in [3.8, 4) is 0 Å². The van der Waals surface area contributed by atoms with Crippen LogP contribution in [-0.4, -0.2) is 41.9 Å². The lowest BCUT2D eigenvalue weighted by molar-refractivity contribution is -0.122. The van der Waals surface area contributed by atoms with Gasteiger partial charge in [-0.2, -0.15) is 8.42 Å². The Hall–Kier alpha value is -1.18. The molecule has 0 saturated carbocycles. The second kappa shape index (κ2) is 27.0. The molecular weight excluding hydrogens is 510 g/mol. The number of carbonyl (C=O) groups excluding carboxylic acids is 1. The summed E-state index contributed by atoms with van der Waals surface area (Å²) in [5.41, 5.74) is 0. The van der Waals surface area contributed by atoms with Crippen molar-refractivity contribution in [1.82, 2.24) is 5.32 Å². The van der Waals surface area contributed by atoms with Crippen molar-refractivity contribution in [3.05, 3.63) is 24.3 Å². The molecule has 7 heteroatoms. The van der Waals surface area contributed by atoms with Gasteiger partial charge in [-0.1, -0.05) is 128 Å². The van der Waals surface area contributed by atoms with Crippen LogP contribution in [0.5, 0.6) is 0 Å². The summed E-state index contributed by atoms with van der Waals surface area (Å²) in [5.74, 6) is -0.990. The van der Waals surface area contributed by atoms with E-state index in [9.17, 15) is 22.9 Å². The highest BCUT2D eigenvalue weighted by atomic mass is 32.2. The van der Waals surface area contributed by atoms with Gasteiger partial charge in [-0.15, -0.1) is 0 Å². The molecule has 0 saturated heterocycles. The molecule has 6 nitrogen and oxygen atoms in total. The van der Waals surface area contributed by atoms with Gasteiger partial charge in [0.15, 0.2) is 0 Å². The summed E-state index contributed by atoms with van der Waals surface area (Å²) in [7, 11) is -4.32. The van der Waals surface area contributed by atoms with E-state index in [1.165, 1.54) is 83.1 Å². The zero-order chi connectivity index (χ0) is 29.0. The van der Waals surface area contributed by atoms with E-state index < -0.39 is 28.0 Å². The lowest BCUT2D eigenvalue weighted by Crippen LogP contribution is -2.46. The Kier molecular flexibility index (Phi) is 26.2. The van der Waals surface area contributed by atoms with E-state index in [4.69, 9.17) is 0 Å². The summed E-state index contributed by atoms with van der Waals surface area (Å²) >= 11 is 0. The molecule has 0 aliphatic rings. The minimum atomic E-state index is -4.32. The quantitative estimate of drug-likeness (QED) is 0.0496. The summed E-state index contributed by atoms with van der Waals surface area (Å²) in [6.45, 7) is 4.40. The Morgan fingerprint density at radius 2 is 1.08 bits per heavy atom. The summed E-state index contributed by atoms with van der Waals surface area (Å²) in [6, 6.07) is -1.05. The maximum atomic E-state index is 12.3. The molecule has 2 unspecified atom stereocenters. The molecule has 0 aromatic heterocycles. The Labute approximate surface area is 241 Å². The summed E-state index contributed by atoms with van der Waals surface area (Å²) in [5, 5.41) is 13.0. The van der Waals surface area contributed by atoms with Crippen molar-refractivity contribution in [1.29, 1.82) is 0 Å². The van der Waals surface area contributed by atoms with Gasteiger partial charge in [0.2, 0.25) is 5.91 Å². The molecule has 1 amide bonds. The number of hydrogen-bond acceptors (Lipinski definition) is 4. The van der Waals surface area contributed by atoms with E-state index in [1.807, 2.05) is 6.08 Å². The third-order valence-electron chi connectivity index (χ3n) is 7.12. The second-order valence-corrected chi connectivity index (χ2v) is 12.6. The van der Waals surface area contributed by atoms with E-state index in [0.29, 0.717) is 6.42 Å². The van der Waals surface area contributed by atoms with Crippen LogP contribution in [0.4, 0.5) is 0 Å². The summed E-state index contributed by atoms with van der Waals surface area (Å²) in [6.07, 6.45) is 31.9. The minimum Gasteiger partial charge on any atom is -0.387 e. The largest absolute Gasteiger partial charge is 0.387 e. The van der Waals surface area contributed by atoms with Gasteiger partial charge in [0.1, 0.15) is 0 Å². The average molecular weight is 572 g/mol. The number of hydrogen-bond donors (Lipinski definition) is 3. The fraction of sp³-hybridized carbons (Fsp3) is 0.844. The molecule has 0 fully saturated rings. The Morgan fingerprint density at radius 1 is 0.667 bits per heavy atom. The molecule has 2 atom stereocenters. The fourth-order valence-electron chi connectivity index (χ4n) is 4.68. The highest BCUT2D eigenvalue weighted by Gasteiger charge is 2.24. The van der Waals surface area contributed by atoms with Gasteiger partial charge in [-0.05, 0) is 44.9 Å². The number of nitrogens with one attached hydrogen (secondary N) is 1. The summed E-state index contributed by atoms with van der Waals surface area (Å²) in [4.78, 5) is 12.3. The van der Waals surface area contributed by atoms with Crippen LogP contribution in [-0.2, 0) is 14.9 Å². The van der Waals surface area contributed by atoms with Crippen molar-refractivity contribution in [2.45, 2.75) is 167 Å². The van der Waals surface area contributed by atoms with Crippen molar-refractivity contribution >= 4 is 16.0 Å². The van der Waals surface area contributed by atoms with E-state index in [2.05, 4.69) is 31.3 Å². The molecule has 39 heavy (non-hydrogen) atoms. The van der Waals surface area contributed by atoms with Gasteiger partial charge in [0, 0.05) is 6.42 Å². The first-order chi connectivity index (χ1) is 18.8. The fourth-order valence-corrected chi connectivity index (χ4v) is 5.41. The highest BCUT2D eigenvalue weighted by molar-refractivity contribution is 7.85. The van der Waals surface area contributed by atoms with Crippen molar-refractivity contribution < 1.29 is 22.9 Å². The number of allylic oxidation sites excluding steroid dienone is 3. The van der Waals surface area contributed by atoms with Gasteiger partial charge in [-0.25, -0.2) is 0 Å². The molecule has 0 aromatic carbocycles. The maximum absolute atomic E-state index is 12.3. The van der Waals surface area contributed by atoms with Crippen LogP contribution in [0.1, 0.15) is 155 Å². The number of rotatable bonds is 28. The van der Waals surface area contributed by atoms with Gasteiger partial charge < -0.3 is 10.4 Å². The predicted octanol–water partition coefficient (Wildman–Crippen LogP) is 8.45. The average Bonchev–Trinajstić information content (AvgIpc) is 2.88. The first-order valence-corrected chi connectivity index (χ1v) is 17.6. The Balaban J connectivity index is 3.89. The van der Waals surface area contributed by atoms with Crippen LogP contribution in [0, 0.1) is 0 Å². The molecule has 0 aliphatic heterocycles. The molecule has 0 spiro atoms. The third kappa shape index (κ3) is 28.2. The monoisotopic (exact) mass is 571 g/mol. The molecule has 0 aromatic rings. The lowest BCUT2D eigenvalue weighted by Gasteiger charge is -2.21. The summed E-state index contributed by atoms with van der Waals surface area (Å²) < 4.78 is 32.0. The van der Waals surface area contributed by atoms with Crippen LogP contribution in [0.3, 0.4) is 0 Å². The molecule has 0 radical (unpaired) electrons. The maximum Gasteiger partial charge on any atom is 0.267 e. The first kappa shape index (κ1) is 37.8. The van der Waals surface area contributed by atoms with Crippen LogP contribution in [0.2, 0.25) is 0 Å². The number of aliphatic hydroxyl groups is 1. The molecule has 3 N–H and O–H groups in total. The lowest BCUT2D eigenvalue weighted by atomic mass is 10.1. The van der Waals surface area contributed by atoms with Crippen molar-refractivity contribution in [3.63, 3.8) is 0 Å². The minimum absolute atomic E-state index is 0.290. The standard InChI is InChI=1S/C32H61NO5S/c1-3-5-7-9-11-12-13-14-15-16-17-18-19-20-21-22-24-26-28-32(35)33-30(29-39(36,37)38)31(34)27-25-23-10-8-6-4-2/h15-16,25,27,30-31,34H,3-14,17-24,26,28-29H2,1-2H3,(H,33,35)(H,36,37,38)/b16-15-,27-25+. The van der Waals surface area contributed by atoms with Crippen LogP contribution < -0.4 is 5.32 Å². The third-order valence-corrected chi connectivity index (χ3v) is 7.90. The smallest absolute Gasteiger partial charge is 0.267 e. The molecule has 0 heterocycles. The van der Waals surface area contributed by atoms with E-state index >= 15 is 0 Å². The van der Waals surface area contributed by atoms with Crippen molar-refractivity contribution in [2.75, 3.05) is 5.75 Å². The number of aliphatic hydroxyl groups excluding tert-OH is 1. The zero-order valence-corrected chi connectivity index (χ0v) is 26.1. The molecule has 0 aliphatic carbocycles. The SMILES string of the molecule is CCCCCC/C=C/C(O)C(CS(=O)(=O)O)NC(=O)CCCCCCCCC/C=C\CCCCCCCCC. The molecular formula is C32H61NO5S. The van der Waals surface area contributed by atoms with Gasteiger partial charge in [0.25, 0.3) is 10.1 Å². The predicted molar refractivity (Wildman–Crippen MR) is 166 cm³/mol. The Morgan fingerprint density at radius 3 is 1.56 bits per heavy atom.